The van der Waals surface area contributed by atoms with Gasteiger partial charge in [0, 0.05) is 16.7 Å². The molecule has 4 aromatic carbocycles. The van der Waals surface area contributed by atoms with E-state index < -0.39 is 0 Å². The molecule has 0 saturated heterocycles. The van der Waals surface area contributed by atoms with E-state index in [0.717, 1.165) is 81.2 Å². The SMILES string of the molecule is CCCCCCCCCCCCCCCCCCCCC=CC1=C(c2cccc(CCCC)c2)[N+](=[N-])C(c2cccc(CCCC)c2)=C1CCCCC.c1ccc([O][Ni][O]c2ccccc2)cc1. The number of para-hydroxylation sites is 2. The van der Waals surface area contributed by atoms with E-state index in [9.17, 15) is 5.53 Å². The van der Waals surface area contributed by atoms with Crippen molar-refractivity contribution in [1.82, 2.24) is 0 Å². The van der Waals surface area contributed by atoms with Gasteiger partial charge in [0.2, 0.25) is 11.4 Å². The number of rotatable bonds is 36. The van der Waals surface area contributed by atoms with Crippen LogP contribution in [-0.4, -0.2) is 4.70 Å². The second-order valence-electron chi connectivity index (χ2n) is 19.0. The van der Waals surface area contributed by atoms with Crippen molar-refractivity contribution >= 4 is 11.4 Å². The molecule has 4 nitrogen and oxygen atoms in total. The average molecular weight is 966 g/mol. The maximum atomic E-state index is 12.1. The van der Waals surface area contributed by atoms with Gasteiger partial charge in [-0.2, -0.15) is 0 Å². The van der Waals surface area contributed by atoms with E-state index in [1.54, 1.807) is 4.70 Å². The number of aryl methyl sites for hydroxylation is 2. The molecule has 1 aliphatic rings. The van der Waals surface area contributed by atoms with Crippen LogP contribution in [0.25, 0.3) is 16.9 Å². The van der Waals surface area contributed by atoms with Crippen molar-refractivity contribution in [3.63, 3.8) is 0 Å². The Balaban J connectivity index is 0.000000564. The molecular weight excluding hydrogens is 875 g/mol. The van der Waals surface area contributed by atoms with E-state index in [1.807, 2.05) is 60.7 Å². The maximum absolute atomic E-state index is 12.1. The molecule has 0 aliphatic carbocycles. The molecule has 0 fully saturated rings. The van der Waals surface area contributed by atoms with E-state index >= 15 is 0 Å². The van der Waals surface area contributed by atoms with Gasteiger partial charge in [-0.05, 0) is 86.8 Å². The molecule has 374 valence electrons. The minimum atomic E-state index is 0.777. The zero-order valence-corrected chi connectivity index (χ0v) is 44.1. The Morgan fingerprint density at radius 3 is 1.29 bits per heavy atom. The van der Waals surface area contributed by atoms with Crippen molar-refractivity contribution < 1.29 is 27.5 Å². The molecule has 0 atom stereocenters. The van der Waals surface area contributed by atoms with Gasteiger partial charge in [0.1, 0.15) is 0 Å². The van der Waals surface area contributed by atoms with Gasteiger partial charge in [0.15, 0.2) is 0 Å². The van der Waals surface area contributed by atoms with Crippen LogP contribution in [-0.2, 0) is 27.9 Å². The molecule has 0 spiro atoms. The van der Waals surface area contributed by atoms with Gasteiger partial charge in [-0.3, -0.25) is 0 Å². The molecule has 5 heteroatoms. The normalized spacial score (nSPS) is 12.6. The van der Waals surface area contributed by atoms with Gasteiger partial charge >= 0.3 is 95.0 Å². The van der Waals surface area contributed by atoms with Gasteiger partial charge in [0.05, 0.1) is 5.57 Å². The number of hydrogen-bond donors (Lipinski definition) is 0. The van der Waals surface area contributed by atoms with Gasteiger partial charge < -0.3 is 5.53 Å². The van der Waals surface area contributed by atoms with Gasteiger partial charge in [0.25, 0.3) is 0 Å². The summed E-state index contributed by atoms with van der Waals surface area (Å²) < 4.78 is 12.2. The summed E-state index contributed by atoms with van der Waals surface area (Å²) in [6, 6.07) is 37.0. The Morgan fingerprint density at radius 2 is 0.838 bits per heavy atom. The van der Waals surface area contributed by atoms with Crippen LogP contribution < -0.4 is 7.76 Å². The van der Waals surface area contributed by atoms with E-state index in [1.165, 1.54) is 176 Å². The quantitative estimate of drug-likeness (QED) is 0.0259. The molecule has 1 aliphatic heterocycles. The molecule has 4 aromatic rings. The summed E-state index contributed by atoms with van der Waals surface area (Å²) in [7, 11) is 0. The standard InChI is InChI=1S/C51H80N2.2C6H6O.Ni/c1-5-9-13-14-15-16-17-18-19-20-21-22-23-24-25-26-27-28-29-31-41-49-48(40-30-10-6-2)50(46-38-32-36-44(42-46)34-11-7-3)53(52)51(49)47-39-33-37-45(43-47)35-12-8-4;2*7-6-4-2-1-3-5-6;/h31-33,36-39,41-43H,5-30,34-35,40H2,1-4H3;2*1-5,7H;/q;;;+2/p-2. The molecule has 0 radical (unpaired) electrons. The summed E-state index contributed by atoms with van der Waals surface area (Å²) in [5.41, 5.74) is 21.6. The predicted molar refractivity (Wildman–Crippen MR) is 288 cm³/mol. The third kappa shape index (κ3) is 22.5. The molecule has 0 bridgehead atoms. The van der Waals surface area contributed by atoms with Crippen LogP contribution in [0.2, 0.25) is 0 Å². The first-order valence-corrected chi connectivity index (χ1v) is 28.3. The summed E-state index contributed by atoms with van der Waals surface area (Å²) in [6.07, 6.45) is 42.7. The van der Waals surface area contributed by atoms with Crippen molar-refractivity contribution in [3.8, 4) is 11.5 Å². The fourth-order valence-corrected chi connectivity index (χ4v) is 9.56. The summed E-state index contributed by atoms with van der Waals surface area (Å²) in [6.45, 7) is 9.10. The first-order chi connectivity index (χ1) is 33.6. The van der Waals surface area contributed by atoms with Crippen LogP contribution >= 0.6 is 0 Å². The summed E-state index contributed by atoms with van der Waals surface area (Å²) >= 11 is 0.777. The van der Waals surface area contributed by atoms with E-state index in [4.69, 9.17) is 7.76 Å². The van der Waals surface area contributed by atoms with Crippen LogP contribution in [0.5, 0.6) is 11.5 Å². The second-order valence-corrected chi connectivity index (χ2v) is 19.5. The van der Waals surface area contributed by atoms with E-state index in [-0.39, 0.29) is 0 Å². The van der Waals surface area contributed by atoms with Crippen molar-refractivity contribution in [2.45, 2.75) is 214 Å². The zero-order valence-electron chi connectivity index (χ0n) is 43.1. The van der Waals surface area contributed by atoms with Gasteiger partial charge in [-0.25, -0.2) is 4.70 Å². The average Bonchev–Trinajstić information content (AvgIpc) is 3.65. The van der Waals surface area contributed by atoms with Crippen LogP contribution in [0.3, 0.4) is 0 Å². The van der Waals surface area contributed by atoms with Crippen molar-refractivity contribution in [3.05, 3.63) is 160 Å². The van der Waals surface area contributed by atoms with E-state index in [0.29, 0.717) is 0 Å². The van der Waals surface area contributed by atoms with Gasteiger partial charge in [-0.1, -0.05) is 199 Å². The van der Waals surface area contributed by atoms with E-state index in [2.05, 4.69) is 88.4 Å². The molecule has 68 heavy (non-hydrogen) atoms. The third-order valence-corrected chi connectivity index (χ3v) is 13.7. The Labute approximate surface area is 422 Å². The summed E-state index contributed by atoms with van der Waals surface area (Å²) in [4.78, 5) is 0. The fraction of sp³-hybridized carbons (Fsp3) is 0.524. The van der Waals surface area contributed by atoms with Crippen LogP contribution in [0.1, 0.15) is 223 Å². The first kappa shape index (κ1) is 56.4. The molecular formula is C63H90N2NiO2. The molecule has 0 amide bonds. The minimum absolute atomic E-state index is 0.777. The molecule has 5 rings (SSSR count). The Hall–Kier alpha value is -4.21. The molecule has 0 unspecified atom stereocenters. The molecule has 0 aromatic heterocycles. The number of benzene rings is 4. The Kier molecular flexibility index (Phi) is 30.5. The molecule has 0 N–H and O–H groups in total. The number of nitrogens with zero attached hydrogens (tertiary/aromatic N) is 2. The number of allylic oxidation sites excluding steroid dienone is 4. The molecule has 0 saturated carbocycles. The summed E-state index contributed by atoms with van der Waals surface area (Å²) in [5, 5.41) is 0. The summed E-state index contributed by atoms with van der Waals surface area (Å²) in [5.74, 6) is 1.57. The Bertz CT molecular complexity index is 1980. The first-order valence-electron chi connectivity index (χ1n) is 27.4. The van der Waals surface area contributed by atoms with Crippen LogP contribution in [0, 0.1) is 0 Å². The second kappa shape index (κ2) is 36.7. The third-order valence-electron chi connectivity index (χ3n) is 13.1. The van der Waals surface area contributed by atoms with Crippen molar-refractivity contribution in [1.29, 1.82) is 0 Å². The van der Waals surface area contributed by atoms with Gasteiger partial charge in [-0.15, -0.1) is 0 Å². The zero-order chi connectivity index (χ0) is 48.1. The van der Waals surface area contributed by atoms with Crippen LogP contribution in [0.4, 0.5) is 0 Å². The van der Waals surface area contributed by atoms with Crippen molar-refractivity contribution in [2.24, 2.45) is 0 Å². The molecule has 1 heterocycles. The Morgan fingerprint density at radius 1 is 0.426 bits per heavy atom. The van der Waals surface area contributed by atoms with Crippen molar-refractivity contribution in [2.75, 3.05) is 0 Å². The topological polar surface area (TPSA) is 43.8 Å². The predicted octanol–water partition coefficient (Wildman–Crippen LogP) is 20.2. The van der Waals surface area contributed by atoms with Crippen LogP contribution in [0.15, 0.2) is 132 Å². The number of unbranched alkanes of at least 4 members (excludes halogenated alkanes) is 22. The fourth-order valence-electron chi connectivity index (χ4n) is 9.06. The number of hydrogen-bond acceptors (Lipinski definition) is 2. The monoisotopic (exact) mass is 965 g/mol.